The Balaban J connectivity index is 2.34. The lowest BCUT2D eigenvalue weighted by atomic mass is 10.00. The van der Waals surface area contributed by atoms with Crippen LogP contribution in [0.1, 0.15) is 18.9 Å². The molecule has 0 amide bonds. The van der Waals surface area contributed by atoms with Crippen molar-refractivity contribution < 1.29 is 18.7 Å². The highest BCUT2D eigenvalue weighted by atomic mass is 19.1. The average Bonchev–Trinajstić information content (AvgIpc) is 2.47. The van der Waals surface area contributed by atoms with Gasteiger partial charge in [0.05, 0.1) is 20.1 Å². The number of carbonyl (C=O) groups is 1. The van der Waals surface area contributed by atoms with Gasteiger partial charge in [0.25, 0.3) is 0 Å². The number of fused-ring (bicyclic) bond motifs is 1. The van der Waals surface area contributed by atoms with Gasteiger partial charge in [0.2, 0.25) is 0 Å². The number of rotatable bonds is 5. The van der Waals surface area contributed by atoms with Gasteiger partial charge < -0.3 is 9.47 Å². The fourth-order valence-corrected chi connectivity index (χ4v) is 2.11. The number of esters is 1. The summed E-state index contributed by atoms with van der Waals surface area (Å²) in [6, 6.07) is 8.36. The van der Waals surface area contributed by atoms with Crippen LogP contribution in [0.4, 0.5) is 4.39 Å². The van der Waals surface area contributed by atoms with Crippen LogP contribution >= 0.6 is 0 Å². The molecule has 21 heavy (non-hydrogen) atoms. The van der Waals surface area contributed by atoms with E-state index in [0.29, 0.717) is 28.9 Å². The van der Waals surface area contributed by atoms with E-state index in [4.69, 9.17) is 9.47 Å². The minimum atomic E-state index is -0.369. The van der Waals surface area contributed by atoms with Gasteiger partial charge in [-0.2, -0.15) is 0 Å². The van der Waals surface area contributed by atoms with Gasteiger partial charge in [0.1, 0.15) is 11.6 Å². The third kappa shape index (κ3) is 3.40. The Bertz CT molecular complexity index is 692. The monoisotopic (exact) mass is 288 g/mol. The lowest BCUT2D eigenvalue weighted by Gasteiger charge is -2.09. The van der Waals surface area contributed by atoms with Crippen molar-refractivity contribution in [2.75, 3.05) is 13.7 Å². The molecule has 0 aliphatic rings. The van der Waals surface area contributed by atoms with Gasteiger partial charge in [0, 0.05) is 5.39 Å². The summed E-state index contributed by atoms with van der Waals surface area (Å²) in [7, 11) is 1.54. The Labute approximate surface area is 123 Å². The predicted octanol–water partition coefficient (Wildman–Crippen LogP) is 3.95. The summed E-state index contributed by atoms with van der Waals surface area (Å²) in [5.41, 5.74) is 1.13. The van der Waals surface area contributed by atoms with Crippen molar-refractivity contribution >= 4 is 22.3 Å². The summed E-state index contributed by atoms with van der Waals surface area (Å²) in [5.74, 6) is -0.136. The molecule has 0 bridgehead atoms. The molecule has 3 nitrogen and oxygen atoms in total. The molecule has 0 spiro atoms. The lowest BCUT2D eigenvalue weighted by Crippen LogP contribution is -2.04. The quantitative estimate of drug-likeness (QED) is 0.781. The predicted molar refractivity (Wildman–Crippen MR) is 80.7 cm³/mol. The molecule has 0 aliphatic heterocycles. The van der Waals surface area contributed by atoms with Gasteiger partial charge in [-0.25, -0.2) is 4.39 Å². The van der Waals surface area contributed by atoms with E-state index in [1.807, 2.05) is 0 Å². The molecule has 4 heteroatoms. The molecule has 0 atom stereocenters. The number of carbonyl (C=O) groups excluding carboxylic acids is 1. The highest BCUT2D eigenvalue weighted by Gasteiger charge is 2.11. The Kier molecular flexibility index (Phi) is 4.58. The van der Waals surface area contributed by atoms with Crippen LogP contribution in [0.5, 0.6) is 5.75 Å². The van der Waals surface area contributed by atoms with Gasteiger partial charge in [-0.05, 0) is 47.7 Å². The topological polar surface area (TPSA) is 35.5 Å². The normalized spacial score (nSPS) is 10.4. The number of benzene rings is 2. The van der Waals surface area contributed by atoms with Gasteiger partial charge in [0.15, 0.2) is 0 Å². The Morgan fingerprint density at radius 2 is 2.05 bits per heavy atom. The molecule has 2 aromatic carbocycles. The van der Waals surface area contributed by atoms with E-state index in [9.17, 15) is 9.18 Å². The molecule has 0 aromatic heterocycles. The number of halogens is 1. The average molecular weight is 288 g/mol. The minimum absolute atomic E-state index is 0.0505. The van der Waals surface area contributed by atoms with Crippen molar-refractivity contribution in [3.05, 3.63) is 48.3 Å². The van der Waals surface area contributed by atoms with Crippen molar-refractivity contribution in [1.82, 2.24) is 0 Å². The fraction of sp³-hybridized carbons (Fsp3) is 0.235. The second-order valence-electron chi connectivity index (χ2n) is 4.63. The lowest BCUT2D eigenvalue weighted by molar-refractivity contribution is -0.141. The maximum atomic E-state index is 14.2. The number of hydrogen-bond acceptors (Lipinski definition) is 3. The second kappa shape index (κ2) is 6.39. The highest BCUT2D eigenvalue weighted by Crippen LogP contribution is 2.28. The van der Waals surface area contributed by atoms with E-state index in [-0.39, 0.29) is 18.2 Å². The van der Waals surface area contributed by atoms with Crippen LogP contribution in [0.15, 0.2) is 36.9 Å². The van der Waals surface area contributed by atoms with Crippen LogP contribution in [-0.2, 0) is 9.53 Å². The van der Waals surface area contributed by atoms with Gasteiger partial charge in [-0.3, -0.25) is 4.79 Å². The van der Waals surface area contributed by atoms with Gasteiger partial charge in [-0.15, -0.1) is 0 Å². The summed E-state index contributed by atoms with van der Waals surface area (Å²) in [5, 5.41) is 1.21. The summed E-state index contributed by atoms with van der Waals surface area (Å²) in [6.45, 7) is 5.89. The largest absolute Gasteiger partial charge is 0.497 e. The maximum Gasteiger partial charge on any atom is 0.310 e. The van der Waals surface area contributed by atoms with Crippen molar-refractivity contribution in [1.29, 1.82) is 0 Å². The molecule has 110 valence electrons. The van der Waals surface area contributed by atoms with E-state index in [0.717, 1.165) is 5.39 Å². The molecule has 0 radical (unpaired) electrons. The highest BCUT2D eigenvalue weighted by molar-refractivity contribution is 5.90. The van der Waals surface area contributed by atoms with Crippen LogP contribution in [0.25, 0.3) is 16.3 Å². The van der Waals surface area contributed by atoms with Crippen LogP contribution < -0.4 is 4.74 Å². The molecule has 2 aromatic rings. The zero-order chi connectivity index (χ0) is 15.4. The third-order valence-electron chi connectivity index (χ3n) is 3.18. The zero-order valence-corrected chi connectivity index (χ0v) is 12.1. The summed E-state index contributed by atoms with van der Waals surface area (Å²) < 4.78 is 24.2. The summed E-state index contributed by atoms with van der Waals surface area (Å²) >= 11 is 0. The SMILES string of the molecule is C=C(CC(=O)OCC)c1cc(F)c2cc(OC)ccc2c1. The van der Waals surface area contributed by atoms with Crippen molar-refractivity contribution in [3.8, 4) is 5.75 Å². The standard InChI is InChI=1S/C17H17FO3/c1-4-21-17(19)7-11(2)13-8-12-5-6-14(20-3)10-15(12)16(18)9-13/h5-6,8-10H,2,4,7H2,1,3H3. The second-order valence-corrected chi connectivity index (χ2v) is 4.63. The van der Waals surface area contributed by atoms with Crippen molar-refractivity contribution in [3.63, 3.8) is 0 Å². The Morgan fingerprint density at radius 1 is 1.29 bits per heavy atom. The maximum absolute atomic E-state index is 14.2. The van der Waals surface area contributed by atoms with Crippen molar-refractivity contribution in [2.45, 2.75) is 13.3 Å². The fourth-order valence-electron chi connectivity index (χ4n) is 2.11. The van der Waals surface area contributed by atoms with E-state index in [1.54, 1.807) is 31.2 Å². The molecular weight excluding hydrogens is 271 g/mol. The van der Waals surface area contributed by atoms with E-state index in [1.165, 1.54) is 13.2 Å². The van der Waals surface area contributed by atoms with E-state index >= 15 is 0 Å². The first-order valence-corrected chi connectivity index (χ1v) is 6.66. The van der Waals surface area contributed by atoms with Gasteiger partial charge in [-0.1, -0.05) is 12.6 Å². The van der Waals surface area contributed by atoms with Crippen LogP contribution in [0.3, 0.4) is 0 Å². The summed E-state index contributed by atoms with van der Waals surface area (Å²) in [4.78, 5) is 11.5. The molecule has 0 N–H and O–H groups in total. The molecule has 0 saturated carbocycles. The summed E-state index contributed by atoms with van der Waals surface area (Å²) in [6.07, 6.45) is 0.0505. The van der Waals surface area contributed by atoms with Crippen LogP contribution in [0, 0.1) is 5.82 Å². The van der Waals surface area contributed by atoms with E-state index in [2.05, 4.69) is 6.58 Å². The molecule has 0 heterocycles. The molecule has 2 rings (SSSR count). The third-order valence-corrected chi connectivity index (χ3v) is 3.18. The number of methoxy groups -OCH3 is 1. The number of hydrogen-bond donors (Lipinski definition) is 0. The smallest absolute Gasteiger partial charge is 0.310 e. The minimum Gasteiger partial charge on any atom is -0.497 e. The zero-order valence-electron chi connectivity index (χ0n) is 12.1. The molecular formula is C17H17FO3. The molecule has 0 fully saturated rings. The van der Waals surface area contributed by atoms with Gasteiger partial charge >= 0.3 is 5.97 Å². The number of ether oxygens (including phenoxy) is 2. The Morgan fingerprint density at radius 3 is 2.71 bits per heavy atom. The first-order valence-electron chi connectivity index (χ1n) is 6.66. The first kappa shape index (κ1) is 15.0. The van der Waals surface area contributed by atoms with E-state index < -0.39 is 0 Å². The van der Waals surface area contributed by atoms with Crippen LogP contribution in [-0.4, -0.2) is 19.7 Å². The van der Waals surface area contributed by atoms with Crippen molar-refractivity contribution in [2.24, 2.45) is 0 Å². The van der Waals surface area contributed by atoms with Crippen LogP contribution in [0.2, 0.25) is 0 Å². The first-order chi connectivity index (χ1) is 10.0. The molecule has 0 aliphatic carbocycles. The molecule has 0 saturated heterocycles. The Hall–Kier alpha value is -2.36. The molecule has 0 unspecified atom stereocenters.